The predicted octanol–water partition coefficient (Wildman–Crippen LogP) is 2.42. The second-order valence-corrected chi connectivity index (χ2v) is 5.46. The van der Waals surface area contributed by atoms with E-state index in [4.69, 9.17) is 16.3 Å². The number of esters is 1. The summed E-state index contributed by atoms with van der Waals surface area (Å²) < 4.78 is 9.73. The van der Waals surface area contributed by atoms with Crippen molar-refractivity contribution in [3.8, 4) is 0 Å². The van der Waals surface area contributed by atoms with Crippen LogP contribution in [0.15, 0.2) is 12.4 Å². The first kappa shape index (κ1) is 17.2. The molecule has 0 aromatic carbocycles. The number of alkyl carbamates (subject to hydrolysis) is 1. The van der Waals surface area contributed by atoms with Crippen LogP contribution >= 0.6 is 11.6 Å². The van der Waals surface area contributed by atoms with E-state index < -0.39 is 23.7 Å². The van der Waals surface area contributed by atoms with E-state index in [-0.39, 0.29) is 11.6 Å². The highest BCUT2D eigenvalue weighted by atomic mass is 35.5. The van der Waals surface area contributed by atoms with E-state index in [1.165, 1.54) is 12.4 Å². The highest BCUT2D eigenvalue weighted by Gasteiger charge is 2.19. The molecule has 1 aromatic heterocycles. The summed E-state index contributed by atoms with van der Waals surface area (Å²) in [6, 6.07) is -0.699. The van der Waals surface area contributed by atoms with Gasteiger partial charge in [-0.2, -0.15) is 0 Å². The Bertz CT molecular complexity index is 499. The van der Waals surface area contributed by atoms with Gasteiger partial charge in [-0.15, -0.1) is 0 Å². The fourth-order valence-electron chi connectivity index (χ4n) is 1.35. The minimum Gasteiger partial charge on any atom is -0.446 e. The number of alkyl halides is 1. The summed E-state index contributed by atoms with van der Waals surface area (Å²) in [5.74, 6) is -0.257. The van der Waals surface area contributed by atoms with Crippen LogP contribution in [0, 0.1) is 0 Å². The Balaban J connectivity index is 2.65. The first-order chi connectivity index (χ1) is 9.73. The number of amides is 1. The minimum absolute atomic E-state index is 0.184. The predicted molar refractivity (Wildman–Crippen MR) is 76.0 cm³/mol. The lowest BCUT2D eigenvalue weighted by molar-refractivity contribution is 0.0503. The van der Waals surface area contributed by atoms with Gasteiger partial charge in [-0.05, 0) is 27.7 Å². The molecule has 1 heterocycles. The molecule has 1 unspecified atom stereocenters. The van der Waals surface area contributed by atoms with E-state index in [1.807, 2.05) is 0 Å². The maximum Gasteiger partial charge on any atom is 0.408 e. The number of carbonyl (C=O) groups excluding carboxylic acids is 2. The van der Waals surface area contributed by atoms with Crippen molar-refractivity contribution in [1.29, 1.82) is 0 Å². The molecule has 1 atom stereocenters. The molecule has 0 spiro atoms. The van der Waals surface area contributed by atoms with Gasteiger partial charge in [0, 0.05) is 12.4 Å². The van der Waals surface area contributed by atoms with Crippen LogP contribution in [0.2, 0.25) is 0 Å². The topological polar surface area (TPSA) is 90.4 Å². The van der Waals surface area contributed by atoms with Gasteiger partial charge in [0.15, 0.2) is 6.07 Å². The van der Waals surface area contributed by atoms with Gasteiger partial charge < -0.3 is 14.8 Å². The molecular formula is C13H18ClN3O4. The molecule has 1 amide bonds. The SMILES string of the molecule is CC(NC(=O)OC(C)(C)C)c1ncc(C(=O)OCCl)cn1. The number of halogens is 1. The number of nitrogens with one attached hydrogen (secondary N) is 1. The van der Waals surface area contributed by atoms with Crippen molar-refractivity contribution in [1.82, 2.24) is 15.3 Å². The van der Waals surface area contributed by atoms with Crippen molar-refractivity contribution >= 4 is 23.7 Å². The van der Waals surface area contributed by atoms with Crippen LogP contribution < -0.4 is 5.32 Å². The van der Waals surface area contributed by atoms with Gasteiger partial charge in [0.05, 0.1) is 11.6 Å². The van der Waals surface area contributed by atoms with Crippen molar-refractivity contribution in [3.63, 3.8) is 0 Å². The molecule has 0 aliphatic heterocycles. The summed E-state index contributed by atoms with van der Waals surface area (Å²) in [6.07, 6.45) is 2.05. The van der Waals surface area contributed by atoms with Gasteiger partial charge in [-0.3, -0.25) is 0 Å². The number of rotatable bonds is 4. The Morgan fingerprint density at radius 1 is 1.33 bits per heavy atom. The van der Waals surface area contributed by atoms with Gasteiger partial charge >= 0.3 is 12.1 Å². The van der Waals surface area contributed by atoms with Crippen LogP contribution in [-0.2, 0) is 9.47 Å². The molecule has 0 saturated heterocycles. The maximum absolute atomic E-state index is 11.6. The molecular weight excluding hydrogens is 298 g/mol. The lowest BCUT2D eigenvalue weighted by atomic mass is 10.2. The smallest absolute Gasteiger partial charge is 0.408 e. The van der Waals surface area contributed by atoms with E-state index in [9.17, 15) is 9.59 Å². The zero-order chi connectivity index (χ0) is 16.0. The molecule has 116 valence electrons. The average molecular weight is 316 g/mol. The van der Waals surface area contributed by atoms with Crippen molar-refractivity contribution in [2.75, 3.05) is 6.07 Å². The molecule has 8 heteroatoms. The summed E-state index contributed by atoms with van der Waals surface area (Å²) in [5, 5.41) is 2.60. The van der Waals surface area contributed by atoms with Crippen molar-refractivity contribution in [3.05, 3.63) is 23.8 Å². The van der Waals surface area contributed by atoms with E-state index >= 15 is 0 Å². The standard InChI is InChI=1S/C13H18ClN3O4/c1-8(17-12(19)21-13(2,3)4)10-15-5-9(6-16-10)11(18)20-7-14/h5-6,8H,7H2,1-4H3,(H,17,19). The van der Waals surface area contributed by atoms with Crippen LogP contribution in [-0.4, -0.2) is 33.7 Å². The van der Waals surface area contributed by atoms with E-state index in [1.54, 1.807) is 27.7 Å². The van der Waals surface area contributed by atoms with Crippen LogP contribution in [0.1, 0.15) is 49.9 Å². The van der Waals surface area contributed by atoms with Gasteiger partial charge in [0.1, 0.15) is 11.4 Å². The minimum atomic E-state index is -0.607. The molecule has 0 aliphatic rings. The lowest BCUT2D eigenvalue weighted by Gasteiger charge is -2.21. The summed E-state index contributed by atoms with van der Waals surface area (Å²) in [6.45, 7) is 7.01. The number of aromatic nitrogens is 2. The van der Waals surface area contributed by atoms with Gasteiger partial charge in [0.2, 0.25) is 0 Å². The highest BCUT2D eigenvalue weighted by molar-refractivity contribution is 6.17. The number of ether oxygens (including phenoxy) is 2. The zero-order valence-electron chi connectivity index (χ0n) is 12.3. The Labute approximate surface area is 128 Å². The first-order valence-electron chi connectivity index (χ1n) is 6.27. The van der Waals surface area contributed by atoms with Gasteiger partial charge in [0.25, 0.3) is 0 Å². The molecule has 0 fully saturated rings. The van der Waals surface area contributed by atoms with Crippen LogP contribution in [0.5, 0.6) is 0 Å². The highest BCUT2D eigenvalue weighted by Crippen LogP contribution is 2.11. The molecule has 1 aromatic rings. The molecule has 0 radical (unpaired) electrons. The maximum atomic E-state index is 11.6. The fourth-order valence-corrected chi connectivity index (χ4v) is 1.45. The van der Waals surface area contributed by atoms with Crippen molar-refractivity contribution in [2.24, 2.45) is 0 Å². The second-order valence-electron chi connectivity index (χ2n) is 5.24. The monoisotopic (exact) mass is 315 g/mol. The molecule has 0 bridgehead atoms. The van der Waals surface area contributed by atoms with Crippen LogP contribution in [0.25, 0.3) is 0 Å². The lowest BCUT2D eigenvalue weighted by Crippen LogP contribution is -2.34. The number of nitrogens with zero attached hydrogens (tertiary/aromatic N) is 2. The quantitative estimate of drug-likeness (QED) is 0.678. The Kier molecular flexibility index (Phi) is 5.90. The zero-order valence-corrected chi connectivity index (χ0v) is 13.1. The number of carbonyl (C=O) groups is 2. The molecule has 1 N–H and O–H groups in total. The summed E-state index contributed by atoms with van der Waals surface area (Å²) >= 11 is 5.29. The summed E-state index contributed by atoms with van der Waals surface area (Å²) in [7, 11) is 0. The number of hydrogen-bond donors (Lipinski definition) is 1. The van der Waals surface area contributed by atoms with Crippen molar-refractivity contribution in [2.45, 2.75) is 39.3 Å². The molecule has 0 aliphatic carbocycles. The fraction of sp³-hybridized carbons (Fsp3) is 0.538. The van der Waals surface area contributed by atoms with E-state index in [0.717, 1.165) is 0 Å². The molecule has 1 rings (SSSR count). The summed E-state index contributed by atoms with van der Waals surface area (Å²) in [5.41, 5.74) is -0.399. The Morgan fingerprint density at radius 3 is 2.38 bits per heavy atom. The largest absolute Gasteiger partial charge is 0.446 e. The second kappa shape index (κ2) is 7.21. The Morgan fingerprint density at radius 2 is 1.90 bits per heavy atom. The number of hydrogen-bond acceptors (Lipinski definition) is 6. The van der Waals surface area contributed by atoms with Crippen molar-refractivity contribution < 1.29 is 19.1 Å². The third kappa shape index (κ3) is 5.95. The third-order valence-corrected chi connectivity index (χ3v) is 2.32. The van der Waals surface area contributed by atoms with Crippen LogP contribution in [0.3, 0.4) is 0 Å². The van der Waals surface area contributed by atoms with Gasteiger partial charge in [-0.1, -0.05) is 11.6 Å². The normalized spacial score (nSPS) is 12.4. The third-order valence-electron chi connectivity index (χ3n) is 2.21. The van der Waals surface area contributed by atoms with E-state index in [0.29, 0.717) is 5.82 Å². The van der Waals surface area contributed by atoms with E-state index in [2.05, 4.69) is 20.0 Å². The molecule has 0 saturated carbocycles. The average Bonchev–Trinajstić information content (AvgIpc) is 2.36. The molecule has 21 heavy (non-hydrogen) atoms. The molecule has 7 nitrogen and oxygen atoms in total. The summed E-state index contributed by atoms with van der Waals surface area (Å²) in [4.78, 5) is 31.0. The van der Waals surface area contributed by atoms with Gasteiger partial charge in [-0.25, -0.2) is 19.6 Å². The first-order valence-corrected chi connectivity index (χ1v) is 6.81. The Hall–Kier alpha value is -1.89. The van der Waals surface area contributed by atoms with Crippen LogP contribution in [0.4, 0.5) is 4.79 Å².